The highest BCUT2D eigenvalue weighted by Crippen LogP contribution is 2.23. The summed E-state index contributed by atoms with van der Waals surface area (Å²) in [5.41, 5.74) is 1.30. The third-order valence-electron chi connectivity index (χ3n) is 2.38. The van der Waals surface area contributed by atoms with Crippen LogP contribution in [0.15, 0.2) is 40.9 Å². The Hall–Kier alpha value is -1.13. The van der Waals surface area contributed by atoms with Crippen LogP contribution in [0.2, 0.25) is 5.02 Å². The van der Waals surface area contributed by atoms with Crippen molar-refractivity contribution in [2.75, 3.05) is 5.32 Å². The molecule has 1 N–H and O–H groups in total. The molecule has 0 saturated heterocycles. The number of rotatable bonds is 3. The zero-order valence-electron chi connectivity index (χ0n) is 9.18. The van der Waals surface area contributed by atoms with E-state index in [1.165, 1.54) is 18.2 Å². The number of anilines is 1. The fourth-order valence-corrected chi connectivity index (χ4v) is 2.16. The number of nitrogens with one attached hydrogen (secondary N) is 1. The van der Waals surface area contributed by atoms with E-state index in [4.69, 9.17) is 11.6 Å². The lowest BCUT2D eigenvalue weighted by Gasteiger charge is -2.09. The molecule has 0 atom stereocenters. The summed E-state index contributed by atoms with van der Waals surface area (Å²) in [7, 11) is 0. The first-order chi connectivity index (χ1) is 8.56. The van der Waals surface area contributed by atoms with Crippen molar-refractivity contribution in [2.24, 2.45) is 0 Å². The fraction of sp³-hybridized carbons (Fsp3) is 0.0769. The first kappa shape index (κ1) is 13.3. The Bertz CT molecular complexity index is 555. The van der Waals surface area contributed by atoms with Crippen LogP contribution in [0.25, 0.3) is 0 Å². The zero-order valence-corrected chi connectivity index (χ0v) is 11.5. The quantitative estimate of drug-likeness (QED) is 0.834. The van der Waals surface area contributed by atoms with Gasteiger partial charge in [-0.15, -0.1) is 0 Å². The summed E-state index contributed by atoms with van der Waals surface area (Å²) in [5, 5.41) is 3.31. The van der Waals surface area contributed by atoms with Crippen LogP contribution in [0.4, 0.5) is 14.5 Å². The molecule has 2 aromatic rings. The molecule has 0 radical (unpaired) electrons. The maximum Gasteiger partial charge on any atom is 0.137 e. The molecule has 0 unspecified atom stereocenters. The van der Waals surface area contributed by atoms with E-state index in [0.29, 0.717) is 21.7 Å². The Morgan fingerprint density at radius 2 is 1.94 bits per heavy atom. The van der Waals surface area contributed by atoms with E-state index in [1.54, 1.807) is 18.2 Å². The molecule has 2 rings (SSSR count). The Kier molecular flexibility index (Phi) is 4.19. The van der Waals surface area contributed by atoms with Gasteiger partial charge in [0.05, 0.1) is 4.47 Å². The van der Waals surface area contributed by atoms with E-state index in [-0.39, 0.29) is 5.82 Å². The molecular weight excluding hydrogens is 324 g/mol. The molecule has 0 aromatic heterocycles. The van der Waals surface area contributed by atoms with Crippen molar-refractivity contribution in [2.45, 2.75) is 6.54 Å². The molecule has 1 nitrogen and oxygen atoms in total. The first-order valence-corrected chi connectivity index (χ1v) is 6.36. The van der Waals surface area contributed by atoms with Crippen LogP contribution in [0.1, 0.15) is 5.56 Å². The largest absolute Gasteiger partial charge is 0.381 e. The standard InChI is InChI=1S/C13H9BrClF2N/c14-13-8(2-1-3-12(13)17)7-18-11-5-9(15)4-10(16)6-11/h1-6,18H,7H2. The summed E-state index contributed by atoms with van der Waals surface area (Å²) < 4.78 is 26.8. The van der Waals surface area contributed by atoms with Crippen LogP contribution < -0.4 is 5.32 Å². The highest BCUT2D eigenvalue weighted by Gasteiger charge is 2.05. The van der Waals surface area contributed by atoms with Gasteiger partial charge in [0.25, 0.3) is 0 Å². The van der Waals surface area contributed by atoms with Crippen LogP contribution >= 0.6 is 27.5 Å². The lowest BCUT2D eigenvalue weighted by molar-refractivity contribution is 0.618. The van der Waals surface area contributed by atoms with Crippen LogP contribution in [0.5, 0.6) is 0 Å². The number of hydrogen-bond donors (Lipinski definition) is 1. The summed E-state index contributed by atoms with van der Waals surface area (Å²) in [6, 6.07) is 8.94. The van der Waals surface area contributed by atoms with E-state index in [2.05, 4.69) is 21.2 Å². The molecule has 0 fully saturated rings. The van der Waals surface area contributed by atoms with Crippen molar-refractivity contribution in [1.82, 2.24) is 0 Å². The van der Waals surface area contributed by atoms with Gasteiger partial charge in [-0.1, -0.05) is 23.7 Å². The molecule has 5 heteroatoms. The van der Waals surface area contributed by atoms with Crippen molar-refractivity contribution in [3.05, 3.63) is 63.1 Å². The van der Waals surface area contributed by atoms with Gasteiger partial charge in [0.1, 0.15) is 11.6 Å². The zero-order chi connectivity index (χ0) is 13.1. The minimum atomic E-state index is -0.414. The second-order valence-electron chi connectivity index (χ2n) is 3.72. The van der Waals surface area contributed by atoms with Gasteiger partial charge in [0.2, 0.25) is 0 Å². The predicted molar refractivity (Wildman–Crippen MR) is 72.8 cm³/mol. The minimum Gasteiger partial charge on any atom is -0.381 e. The van der Waals surface area contributed by atoms with Gasteiger partial charge in [0.15, 0.2) is 0 Å². The van der Waals surface area contributed by atoms with Crippen molar-refractivity contribution in [3.63, 3.8) is 0 Å². The van der Waals surface area contributed by atoms with Gasteiger partial charge in [-0.3, -0.25) is 0 Å². The fourth-order valence-electron chi connectivity index (χ4n) is 1.54. The molecule has 0 heterocycles. The lowest BCUT2D eigenvalue weighted by atomic mass is 10.2. The van der Waals surface area contributed by atoms with E-state index in [1.807, 2.05) is 0 Å². The lowest BCUT2D eigenvalue weighted by Crippen LogP contribution is -2.01. The van der Waals surface area contributed by atoms with E-state index in [0.717, 1.165) is 5.56 Å². The molecule has 0 spiro atoms. The van der Waals surface area contributed by atoms with Gasteiger partial charge < -0.3 is 5.32 Å². The Balaban J connectivity index is 2.14. The summed E-state index contributed by atoms with van der Waals surface area (Å²) in [5.74, 6) is -0.741. The average Bonchev–Trinajstić information content (AvgIpc) is 2.30. The molecule has 0 aliphatic rings. The van der Waals surface area contributed by atoms with Gasteiger partial charge in [-0.05, 0) is 45.8 Å². The van der Waals surface area contributed by atoms with Crippen molar-refractivity contribution in [1.29, 1.82) is 0 Å². The molecule has 0 amide bonds. The third-order valence-corrected chi connectivity index (χ3v) is 3.48. The van der Waals surface area contributed by atoms with Gasteiger partial charge in [-0.2, -0.15) is 0 Å². The Morgan fingerprint density at radius 3 is 2.67 bits per heavy atom. The highest BCUT2D eigenvalue weighted by molar-refractivity contribution is 9.10. The molecule has 94 valence electrons. The van der Waals surface area contributed by atoms with E-state index < -0.39 is 5.82 Å². The van der Waals surface area contributed by atoms with E-state index in [9.17, 15) is 8.78 Å². The molecule has 0 saturated carbocycles. The second kappa shape index (κ2) is 5.67. The normalized spacial score (nSPS) is 10.4. The second-order valence-corrected chi connectivity index (χ2v) is 4.95. The van der Waals surface area contributed by atoms with Gasteiger partial charge >= 0.3 is 0 Å². The maximum atomic E-state index is 13.3. The third kappa shape index (κ3) is 3.21. The van der Waals surface area contributed by atoms with Gasteiger partial charge in [-0.25, -0.2) is 8.78 Å². The molecule has 2 aromatic carbocycles. The number of halogens is 4. The summed E-state index contributed by atoms with van der Waals surface area (Å²) in [6.45, 7) is 0.373. The average molecular weight is 333 g/mol. The smallest absolute Gasteiger partial charge is 0.137 e. The van der Waals surface area contributed by atoms with Crippen LogP contribution in [0, 0.1) is 11.6 Å². The minimum absolute atomic E-state index is 0.316. The Labute approximate surface area is 117 Å². The summed E-state index contributed by atoms with van der Waals surface area (Å²) in [4.78, 5) is 0. The molecule has 0 aliphatic carbocycles. The number of hydrogen-bond acceptors (Lipinski definition) is 1. The molecule has 0 aliphatic heterocycles. The molecule has 18 heavy (non-hydrogen) atoms. The molecule has 0 bridgehead atoms. The SMILES string of the molecule is Fc1cc(Cl)cc(NCc2cccc(F)c2Br)c1. The monoisotopic (exact) mass is 331 g/mol. The topological polar surface area (TPSA) is 12.0 Å². The number of benzene rings is 2. The highest BCUT2D eigenvalue weighted by atomic mass is 79.9. The summed E-state index contributed by atoms with van der Waals surface area (Å²) >= 11 is 8.91. The van der Waals surface area contributed by atoms with Crippen LogP contribution in [-0.2, 0) is 6.54 Å². The van der Waals surface area contributed by atoms with Crippen molar-refractivity contribution < 1.29 is 8.78 Å². The van der Waals surface area contributed by atoms with Crippen molar-refractivity contribution in [3.8, 4) is 0 Å². The van der Waals surface area contributed by atoms with E-state index >= 15 is 0 Å². The predicted octanol–water partition coefficient (Wildman–Crippen LogP) is 4.99. The Morgan fingerprint density at radius 1 is 1.17 bits per heavy atom. The van der Waals surface area contributed by atoms with Gasteiger partial charge in [0, 0.05) is 17.3 Å². The first-order valence-electron chi connectivity index (χ1n) is 5.19. The summed E-state index contributed by atoms with van der Waals surface area (Å²) in [6.07, 6.45) is 0. The maximum absolute atomic E-state index is 13.3. The van der Waals surface area contributed by atoms with Crippen molar-refractivity contribution >= 4 is 33.2 Å². The van der Waals surface area contributed by atoms with Crippen LogP contribution in [0.3, 0.4) is 0 Å². The molecular formula is C13H9BrClF2N. The van der Waals surface area contributed by atoms with Crippen LogP contribution in [-0.4, -0.2) is 0 Å².